The quantitative estimate of drug-likeness (QED) is 0.690. The van der Waals surface area contributed by atoms with Gasteiger partial charge in [0.1, 0.15) is 18.1 Å². The van der Waals surface area contributed by atoms with Crippen molar-refractivity contribution < 1.29 is 13.9 Å². The minimum Gasteiger partial charge on any atom is -0.507 e. The van der Waals surface area contributed by atoms with E-state index in [1.165, 1.54) is 0 Å². The van der Waals surface area contributed by atoms with Crippen LogP contribution in [0.3, 0.4) is 0 Å². The zero-order valence-corrected chi connectivity index (χ0v) is 16.1. The van der Waals surface area contributed by atoms with Crippen LogP contribution >= 0.6 is 0 Å². The number of piperidine rings is 1. The Bertz CT molecular complexity index is 1070. The first kappa shape index (κ1) is 18.9. The third kappa shape index (κ3) is 3.17. The highest BCUT2D eigenvalue weighted by atomic mass is 19.1. The summed E-state index contributed by atoms with van der Waals surface area (Å²) in [6.45, 7) is 4.03. The van der Waals surface area contributed by atoms with Crippen LogP contribution in [0.5, 0.6) is 5.75 Å². The molecule has 2 unspecified atom stereocenters. The summed E-state index contributed by atoms with van der Waals surface area (Å²) in [5, 5.41) is 21.9. The van der Waals surface area contributed by atoms with Crippen LogP contribution in [-0.2, 0) is 0 Å². The molecule has 2 bridgehead atoms. The van der Waals surface area contributed by atoms with Crippen LogP contribution in [0.15, 0.2) is 55.6 Å². The third-order valence-corrected chi connectivity index (χ3v) is 6.12. The molecule has 1 aromatic carbocycles. The Labute approximate surface area is 172 Å². The number of halogens is 2. The van der Waals surface area contributed by atoms with Gasteiger partial charge in [-0.05, 0) is 42.7 Å². The van der Waals surface area contributed by atoms with Gasteiger partial charge >= 0.3 is 0 Å². The topological polar surface area (TPSA) is 75.9 Å². The number of aromatic hydroxyl groups is 1. The second kappa shape index (κ2) is 7.28. The molecule has 30 heavy (non-hydrogen) atoms. The SMILES string of the molecule is C=C(c1ccc(-c2ccc(-n3ccnc3)cc2O)nn1)[C@@H]1CC2NC(C[C@@H]2F)[C@H]1F. The van der Waals surface area contributed by atoms with Gasteiger partial charge in [-0.1, -0.05) is 6.58 Å². The van der Waals surface area contributed by atoms with Crippen molar-refractivity contribution in [3.8, 4) is 22.7 Å². The van der Waals surface area contributed by atoms with Crippen molar-refractivity contribution in [3.63, 3.8) is 0 Å². The summed E-state index contributed by atoms with van der Waals surface area (Å²) >= 11 is 0. The second-order valence-electron chi connectivity index (χ2n) is 7.92. The van der Waals surface area contributed by atoms with Crippen LogP contribution in [-0.4, -0.2) is 49.3 Å². The number of hydrogen-bond donors (Lipinski definition) is 2. The van der Waals surface area contributed by atoms with Gasteiger partial charge in [0.25, 0.3) is 0 Å². The van der Waals surface area contributed by atoms with Crippen molar-refractivity contribution in [1.29, 1.82) is 0 Å². The molecule has 154 valence electrons. The van der Waals surface area contributed by atoms with Gasteiger partial charge in [0.15, 0.2) is 0 Å². The molecule has 6 nitrogen and oxygen atoms in total. The third-order valence-electron chi connectivity index (χ3n) is 6.12. The van der Waals surface area contributed by atoms with Crippen molar-refractivity contribution >= 4 is 5.57 Å². The number of fused-ring (bicyclic) bond motifs is 2. The molecule has 4 heterocycles. The maximum absolute atomic E-state index is 14.8. The van der Waals surface area contributed by atoms with Crippen LogP contribution in [0.4, 0.5) is 8.78 Å². The van der Waals surface area contributed by atoms with Gasteiger partial charge in [-0.25, -0.2) is 13.8 Å². The molecule has 0 radical (unpaired) electrons. The number of nitrogens with one attached hydrogen (secondary N) is 1. The first-order valence-electron chi connectivity index (χ1n) is 9.90. The molecule has 5 rings (SSSR count). The molecule has 0 aliphatic carbocycles. The summed E-state index contributed by atoms with van der Waals surface area (Å²) in [7, 11) is 0. The van der Waals surface area contributed by atoms with E-state index in [1.807, 2.05) is 6.07 Å². The summed E-state index contributed by atoms with van der Waals surface area (Å²) in [6, 6.07) is 7.86. The van der Waals surface area contributed by atoms with Crippen molar-refractivity contribution in [3.05, 3.63) is 61.3 Å². The summed E-state index contributed by atoms with van der Waals surface area (Å²) in [5.74, 6) is -0.417. The van der Waals surface area contributed by atoms with Gasteiger partial charge in [0, 0.05) is 42.0 Å². The smallest absolute Gasteiger partial charge is 0.127 e. The molecule has 2 aromatic heterocycles. The van der Waals surface area contributed by atoms with Crippen LogP contribution in [0.1, 0.15) is 18.5 Å². The molecule has 0 spiro atoms. The lowest BCUT2D eigenvalue weighted by Gasteiger charge is -2.33. The summed E-state index contributed by atoms with van der Waals surface area (Å²) in [5.41, 5.74) is 2.82. The highest BCUT2D eigenvalue weighted by Gasteiger charge is 2.48. The molecule has 0 amide bonds. The monoisotopic (exact) mass is 409 g/mol. The standard InChI is InChI=1S/C22H21F2N5O/c1-12(15-9-19-16(23)10-20(26-19)22(15)24)17-4-5-18(28-27-17)14-3-2-13(8-21(14)30)29-7-6-25-11-29/h2-8,11,15-16,19-20,22,26,30H,1,9-10H2/t15-,16-,19?,20?,22-/m0/s1. The van der Waals surface area contributed by atoms with Crippen LogP contribution in [0, 0.1) is 5.92 Å². The minimum absolute atomic E-state index is 0.0646. The first-order chi connectivity index (χ1) is 14.5. The highest BCUT2D eigenvalue weighted by molar-refractivity contribution is 5.70. The van der Waals surface area contributed by atoms with E-state index < -0.39 is 24.3 Å². The number of hydrogen-bond acceptors (Lipinski definition) is 5. The van der Waals surface area contributed by atoms with E-state index in [9.17, 15) is 13.9 Å². The van der Waals surface area contributed by atoms with Gasteiger partial charge in [-0.3, -0.25) is 0 Å². The molecular weight excluding hydrogens is 388 g/mol. The Hall–Kier alpha value is -3.13. The molecule has 2 aliphatic rings. The Morgan fingerprint density at radius 1 is 1.13 bits per heavy atom. The second-order valence-corrected chi connectivity index (χ2v) is 7.92. The van der Waals surface area contributed by atoms with E-state index in [0.717, 1.165) is 5.69 Å². The lowest BCUT2D eigenvalue weighted by Crippen LogP contribution is -2.48. The number of nitrogens with zero attached hydrogens (tertiary/aromatic N) is 4. The number of phenols is 1. The van der Waals surface area contributed by atoms with Gasteiger partial charge in [-0.2, -0.15) is 5.10 Å². The number of alkyl halides is 2. The van der Waals surface area contributed by atoms with Crippen molar-refractivity contribution in [2.24, 2.45) is 5.92 Å². The number of aromatic nitrogens is 4. The Kier molecular flexibility index (Phi) is 4.58. The molecule has 8 heteroatoms. The van der Waals surface area contributed by atoms with Crippen molar-refractivity contribution in [1.82, 2.24) is 25.1 Å². The molecule has 2 fully saturated rings. The molecule has 2 N–H and O–H groups in total. The van der Waals surface area contributed by atoms with E-state index in [1.54, 1.807) is 47.6 Å². The van der Waals surface area contributed by atoms with Gasteiger partial charge in [0.2, 0.25) is 0 Å². The highest BCUT2D eigenvalue weighted by Crippen LogP contribution is 2.40. The molecular formula is C22H21F2N5O. The molecule has 2 aliphatic heterocycles. The maximum atomic E-state index is 14.8. The summed E-state index contributed by atoms with van der Waals surface area (Å²) in [6.07, 6.45) is 3.43. The van der Waals surface area contributed by atoms with Crippen LogP contribution < -0.4 is 5.32 Å². The number of benzene rings is 1. The number of phenolic OH excluding ortho intramolecular Hbond substituents is 1. The van der Waals surface area contributed by atoms with Crippen molar-refractivity contribution in [2.75, 3.05) is 0 Å². The Morgan fingerprint density at radius 2 is 2.00 bits per heavy atom. The average molecular weight is 409 g/mol. The van der Waals surface area contributed by atoms with E-state index in [4.69, 9.17) is 0 Å². The zero-order chi connectivity index (χ0) is 20.8. The normalized spacial score (nSPS) is 27.9. The lowest BCUT2D eigenvalue weighted by molar-refractivity contribution is 0.163. The largest absolute Gasteiger partial charge is 0.507 e. The summed E-state index contributed by atoms with van der Waals surface area (Å²) in [4.78, 5) is 4.00. The number of allylic oxidation sites excluding steroid dienone is 1. The predicted molar refractivity (Wildman–Crippen MR) is 109 cm³/mol. The fourth-order valence-corrected chi connectivity index (χ4v) is 4.46. The predicted octanol–water partition coefficient (Wildman–Crippen LogP) is 3.47. The molecule has 5 atom stereocenters. The van der Waals surface area contributed by atoms with Gasteiger partial charge < -0.3 is 15.0 Å². The fraction of sp³-hybridized carbons (Fsp3) is 0.318. The fourth-order valence-electron chi connectivity index (χ4n) is 4.46. The van der Waals surface area contributed by atoms with Gasteiger partial charge in [0.05, 0.1) is 23.4 Å². The van der Waals surface area contributed by atoms with Gasteiger partial charge in [-0.15, -0.1) is 5.10 Å². The molecule has 2 saturated heterocycles. The first-order valence-corrected chi connectivity index (χ1v) is 9.90. The lowest BCUT2D eigenvalue weighted by atomic mass is 9.83. The maximum Gasteiger partial charge on any atom is 0.127 e. The average Bonchev–Trinajstić information content (AvgIpc) is 3.39. The van der Waals surface area contributed by atoms with Crippen LogP contribution in [0.2, 0.25) is 0 Å². The van der Waals surface area contributed by atoms with Crippen LogP contribution in [0.25, 0.3) is 22.5 Å². The Morgan fingerprint density at radius 3 is 2.70 bits per heavy atom. The molecule has 0 saturated carbocycles. The number of rotatable bonds is 4. The van der Waals surface area contributed by atoms with E-state index in [2.05, 4.69) is 27.1 Å². The zero-order valence-electron chi connectivity index (χ0n) is 16.1. The molecule has 3 aromatic rings. The van der Waals surface area contributed by atoms with E-state index in [-0.39, 0.29) is 18.2 Å². The summed E-state index contributed by atoms with van der Waals surface area (Å²) < 4.78 is 30.6. The Balaban J connectivity index is 1.36. The van der Waals surface area contributed by atoms with Crippen molar-refractivity contribution in [2.45, 2.75) is 37.3 Å². The minimum atomic E-state index is -1.20. The van der Waals surface area contributed by atoms with E-state index >= 15 is 0 Å². The number of imidazole rings is 1. The van der Waals surface area contributed by atoms with E-state index in [0.29, 0.717) is 28.9 Å².